The molecule has 0 aliphatic carbocycles. The Labute approximate surface area is 105 Å². The summed E-state index contributed by atoms with van der Waals surface area (Å²) in [5, 5.41) is 11.0. The summed E-state index contributed by atoms with van der Waals surface area (Å²) in [4.78, 5) is 10.5. The summed E-state index contributed by atoms with van der Waals surface area (Å²) in [5.74, 6) is 0.285. The van der Waals surface area contributed by atoms with Gasteiger partial charge in [-0.15, -0.1) is 0 Å². The van der Waals surface area contributed by atoms with Crippen molar-refractivity contribution in [1.82, 2.24) is 0 Å². The lowest BCUT2D eigenvalue weighted by atomic mass is 10.1. The topological polar surface area (TPSA) is 87.6 Å². The van der Waals surface area contributed by atoms with Gasteiger partial charge in [-0.3, -0.25) is 10.1 Å². The van der Waals surface area contributed by atoms with Crippen LogP contribution in [-0.2, 0) is 11.3 Å². The maximum atomic E-state index is 11.0. The number of nitrogens with zero attached hydrogens (tertiary/aromatic N) is 1. The molecule has 1 fully saturated rings. The van der Waals surface area contributed by atoms with Crippen LogP contribution in [0.15, 0.2) is 18.2 Å². The number of nitrogens with two attached hydrogens (primary N) is 1. The molecule has 1 heterocycles. The first-order valence-electron chi connectivity index (χ1n) is 5.92. The molecule has 6 heteroatoms. The van der Waals surface area contributed by atoms with E-state index >= 15 is 0 Å². The van der Waals surface area contributed by atoms with Crippen molar-refractivity contribution in [1.29, 1.82) is 0 Å². The predicted molar refractivity (Wildman–Crippen MR) is 65.5 cm³/mol. The van der Waals surface area contributed by atoms with E-state index < -0.39 is 4.92 Å². The second kappa shape index (κ2) is 5.79. The van der Waals surface area contributed by atoms with Crippen LogP contribution in [0.5, 0.6) is 5.75 Å². The first-order chi connectivity index (χ1) is 8.70. The van der Waals surface area contributed by atoms with Crippen molar-refractivity contribution in [3.8, 4) is 5.75 Å². The molecular formula is C12H16N2O4. The molecule has 1 atom stereocenters. The van der Waals surface area contributed by atoms with E-state index in [2.05, 4.69) is 0 Å². The van der Waals surface area contributed by atoms with E-state index in [9.17, 15) is 10.1 Å². The molecule has 0 saturated carbocycles. The molecule has 1 unspecified atom stereocenters. The molecule has 0 radical (unpaired) electrons. The molecule has 1 aromatic rings. The number of hydrogen-bond donors (Lipinski definition) is 1. The second-order valence-electron chi connectivity index (χ2n) is 4.22. The summed E-state index contributed by atoms with van der Waals surface area (Å²) in [6.07, 6.45) is 1.66. The number of ether oxygens (including phenoxy) is 2. The SMILES string of the molecule is NCc1ccc(OC2CCCOC2)c([N+](=O)[O-])c1. The summed E-state index contributed by atoms with van der Waals surface area (Å²) >= 11 is 0. The van der Waals surface area contributed by atoms with Crippen molar-refractivity contribution in [3.63, 3.8) is 0 Å². The summed E-state index contributed by atoms with van der Waals surface area (Å²) in [6, 6.07) is 4.81. The van der Waals surface area contributed by atoms with E-state index in [-0.39, 0.29) is 24.1 Å². The third-order valence-corrected chi connectivity index (χ3v) is 2.87. The molecule has 1 aliphatic heterocycles. The van der Waals surface area contributed by atoms with Crippen molar-refractivity contribution >= 4 is 5.69 Å². The number of nitro groups is 1. The van der Waals surface area contributed by atoms with Gasteiger partial charge >= 0.3 is 5.69 Å². The molecule has 98 valence electrons. The molecule has 0 bridgehead atoms. The fourth-order valence-corrected chi connectivity index (χ4v) is 1.92. The molecular weight excluding hydrogens is 236 g/mol. The lowest BCUT2D eigenvalue weighted by Crippen LogP contribution is -2.28. The van der Waals surface area contributed by atoms with Gasteiger partial charge < -0.3 is 15.2 Å². The first kappa shape index (κ1) is 12.8. The van der Waals surface area contributed by atoms with E-state index in [0.717, 1.165) is 19.4 Å². The molecule has 0 aromatic heterocycles. The molecule has 0 amide bonds. The Morgan fingerprint density at radius 2 is 2.39 bits per heavy atom. The Morgan fingerprint density at radius 3 is 3.00 bits per heavy atom. The van der Waals surface area contributed by atoms with Gasteiger partial charge in [0.25, 0.3) is 0 Å². The highest BCUT2D eigenvalue weighted by atomic mass is 16.6. The van der Waals surface area contributed by atoms with Crippen LogP contribution in [0.1, 0.15) is 18.4 Å². The molecule has 2 rings (SSSR count). The van der Waals surface area contributed by atoms with Crippen LogP contribution < -0.4 is 10.5 Å². The van der Waals surface area contributed by atoms with Gasteiger partial charge in [0.1, 0.15) is 6.10 Å². The fraction of sp³-hybridized carbons (Fsp3) is 0.500. The average Bonchev–Trinajstić information content (AvgIpc) is 2.40. The molecule has 1 aromatic carbocycles. The lowest BCUT2D eigenvalue weighted by molar-refractivity contribution is -0.386. The van der Waals surface area contributed by atoms with Crippen molar-refractivity contribution in [2.45, 2.75) is 25.5 Å². The summed E-state index contributed by atoms with van der Waals surface area (Å²) in [5.41, 5.74) is 6.15. The second-order valence-corrected chi connectivity index (χ2v) is 4.22. The van der Waals surface area contributed by atoms with E-state index in [0.29, 0.717) is 12.2 Å². The first-order valence-corrected chi connectivity index (χ1v) is 5.92. The highest BCUT2D eigenvalue weighted by molar-refractivity contribution is 5.48. The predicted octanol–water partition coefficient (Wildman–Crippen LogP) is 1.61. The van der Waals surface area contributed by atoms with Crippen LogP contribution in [0.25, 0.3) is 0 Å². The van der Waals surface area contributed by atoms with E-state index in [1.54, 1.807) is 12.1 Å². The Kier molecular flexibility index (Phi) is 4.11. The van der Waals surface area contributed by atoms with Gasteiger partial charge in [-0.25, -0.2) is 0 Å². The highest BCUT2D eigenvalue weighted by Crippen LogP contribution is 2.29. The van der Waals surface area contributed by atoms with Gasteiger partial charge in [0.05, 0.1) is 11.5 Å². The number of rotatable bonds is 4. The normalized spacial score (nSPS) is 19.5. The third kappa shape index (κ3) is 2.96. The van der Waals surface area contributed by atoms with Crippen LogP contribution in [0.2, 0.25) is 0 Å². The van der Waals surface area contributed by atoms with Crippen molar-refractivity contribution in [2.75, 3.05) is 13.2 Å². The van der Waals surface area contributed by atoms with Gasteiger partial charge in [0.15, 0.2) is 5.75 Å². The zero-order valence-corrected chi connectivity index (χ0v) is 10.0. The zero-order chi connectivity index (χ0) is 13.0. The van der Waals surface area contributed by atoms with Gasteiger partial charge in [-0.05, 0) is 24.5 Å². The van der Waals surface area contributed by atoms with Gasteiger partial charge in [-0.2, -0.15) is 0 Å². The molecule has 0 spiro atoms. The summed E-state index contributed by atoms with van der Waals surface area (Å²) < 4.78 is 10.9. The Hall–Kier alpha value is -1.66. The highest BCUT2D eigenvalue weighted by Gasteiger charge is 2.21. The molecule has 6 nitrogen and oxygen atoms in total. The van der Waals surface area contributed by atoms with Gasteiger partial charge in [0, 0.05) is 19.2 Å². The van der Waals surface area contributed by atoms with Crippen LogP contribution in [0.4, 0.5) is 5.69 Å². The van der Waals surface area contributed by atoms with Crippen molar-refractivity contribution in [3.05, 3.63) is 33.9 Å². The minimum Gasteiger partial charge on any atom is -0.481 e. The van der Waals surface area contributed by atoms with Crippen LogP contribution >= 0.6 is 0 Å². The van der Waals surface area contributed by atoms with E-state index in [1.165, 1.54) is 6.07 Å². The average molecular weight is 252 g/mol. The van der Waals surface area contributed by atoms with Gasteiger partial charge in [0.2, 0.25) is 0 Å². The standard InChI is InChI=1S/C12H16N2O4/c13-7-9-3-4-12(11(6-9)14(15)16)18-10-2-1-5-17-8-10/h3-4,6,10H,1-2,5,7-8,13H2. The third-order valence-electron chi connectivity index (χ3n) is 2.87. The Balaban J connectivity index is 2.17. The fourth-order valence-electron chi connectivity index (χ4n) is 1.92. The maximum Gasteiger partial charge on any atom is 0.311 e. The zero-order valence-electron chi connectivity index (χ0n) is 10.0. The van der Waals surface area contributed by atoms with Crippen molar-refractivity contribution in [2.24, 2.45) is 5.73 Å². The molecule has 2 N–H and O–H groups in total. The molecule has 1 saturated heterocycles. The lowest BCUT2D eigenvalue weighted by Gasteiger charge is -2.23. The van der Waals surface area contributed by atoms with Crippen LogP contribution in [-0.4, -0.2) is 24.2 Å². The van der Waals surface area contributed by atoms with Crippen LogP contribution in [0, 0.1) is 10.1 Å². The number of hydrogen-bond acceptors (Lipinski definition) is 5. The Bertz CT molecular complexity index is 430. The molecule has 18 heavy (non-hydrogen) atoms. The monoisotopic (exact) mass is 252 g/mol. The number of nitro benzene ring substituents is 1. The minimum atomic E-state index is -0.446. The minimum absolute atomic E-state index is 0.0384. The van der Waals surface area contributed by atoms with Crippen molar-refractivity contribution < 1.29 is 14.4 Å². The quantitative estimate of drug-likeness (QED) is 0.649. The van der Waals surface area contributed by atoms with Crippen LogP contribution in [0.3, 0.4) is 0 Å². The van der Waals surface area contributed by atoms with E-state index in [4.69, 9.17) is 15.2 Å². The van der Waals surface area contributed by atoms with E-state index in [1.807, 2.05) is 0 Å². The maximum absolute atomic E-state index is 11.0. The van der Waals surface area contributed by atoms with Gasteiger partial charge in [-0.1, -0.05) is 6.07 Å². The summed E-state index contributed by atoms with van der Waals surface area (Å²) in [6.45, 7) is 1.48. The summed E-state index contributed by atoms with van der Waals surface area (Å²) in [7, 11) is 0. The molecule has 1 aliphatic rings. The number of benzene rings is 1. The largest absolute Gasteiger partial charge is 0.481 e. The Morgan fingerprint density at radius 1 is 1.56 bits per heavy atom. The smallest absolute Gasteiger partial charge is 0.311 e.